The van der Waals surface area contributed by atoms with E-state index in [9.17, 15) is 9.90 Å². The van der Waals surface area contributed by atoms with Crippen LogP contribution in [0.2, 0.25) is 0 Å². The van der Waals surface area contributed by atoms with Crippen molar-refractivity contribution in [3.05, 3.63) is 27.3 Å². The number of aliphatic hydroxyl groups excluding tert-OH is 1. The Morgan fingerprint density at radius 2 is 2.05 bits per heavy atom. The first kappa shape index (κ1) is 14.5. The van der Waals surface area contributed by atoms with Crippen LogP contribution in [0.15, 0.2) is 0 Å². The van der Waals surface area contributed by atoms with E-state index in [0.717, 1.165) is 28.6 Å². The Bertz CT molecular complexity index is 720. The molecule has 0 fully saturated rings. The number of carbonyl (C=O) groups excluding carboxylic acids is 1. The zero-order valence-electron chi connectivity index (χ0n) is 12.5. The van der Waals surface area contributed by atoms with Gasteiger partial charge >= 0.3 is 5.97 Å². The summed E-state index contributed by atoms with van der Waals surface area (Å²) in [6, 6.07) is 0. The third-order valence-corrected chi connectivity index (χ3v) is 5.47. The molecule has 0 radical (unpaired) electrons. The van der Waals surface area contributed by atoms with E-state index in [2.05, 4.69) is 9.72 Å². The Labute approximate surface area is 127 Å². The average molecular weight is 305 g/mol. The topological polar surface area (TPSA) is 59.4 Å². The molecule has 2 aromatic rings. The molecule has 1 N–H and O–H groups in total. The summed E-state index contributed by atoms with van der Waals surface area (Å²) in [5, 5.41) is 11.4. The van der Waals surface area contributed by atoms with Gasteiger partial charge in [0.05, 0.1) is 7.11 Å². The Balaban J connectivity index is 2.24. The SMILES string of the molecule is COC(=O)C(O)c1c(C)nc2sc3c(c2c1C)CCCC3. The van der Waals surface area contributed by atoms with E-state index in [1.54, 1.807) is 11.3 Å². The van der Waals surface area contributed by atoms with E-state index in [4.69, 9.17) is 0 Å². The highest BCUT2D eigenvalue weighted by Gasteiger charge is 2.27. The number of fused-ring (bicyclic) bond motifs is 3. The lowest BCUT2D eigenvalue weighted by atomic mass is 9.92. The van der Waals surface area contributed by atoms with Crippen molar-refractivity contribution < 1.29 is 14.6 Å². The molecule has 2 aromatic heterocycles. The van der Waals surface area contributed by atoms with Gasteiger partial charge in [0, 0.05) is 21.5 Å². The summed E-state index contributed by atoms with van der Waals surface area (Å²) in [4.78, 5) is 18.8. The van der Waals surface area contributed by atoms with Crippen LogP contribution < -0.4 is 0 Å². The summed E-state index contributed by atoms with van der Waals surface area (Å²) in [7, 11) is 1.29. The van der Waals surface area contributed by atoms with Crippen LogP contribution in [0.4, 0.5) is 0 Å². The van der Waals surface area contributed by atoms with E-state index in [1.807, 2.05) is 13.8 Å². The largest absolute Gasteiger partial charge is 0.467 e. The molecule has 5 heteroatoms. The number of carbonyl (C=O) groups is 1. The van der Waals surface area contributed by atoms with Crippen LogP contribution in [-0.2, 0) is 22.4 Å². The highest BCUT2D eigenvalue weighted by atomic mass is 32.1. The molecule has 0 aliphatic heterocycles. The molecule has 1 aliphatic rings. The number of hydrogen-bond acceptors (Lipinski definition) is 5. The van der Waals surface area contributed by atoms with E-state index in [0.29, 0.717) is 11.3 Å². The number of esters is 1. The molecule has 1 aliphatic carbocycles. The molecule has 0 spiro atoms. The molecule has 112 valence electrons. The second kappa shape index (κ2) is 5.39. The molecule has 21 heavy (non-hydrogen) atoms. The molecule has 1 atom stereocenters. The lowest BCUT2D eigenvalue weighted by molar-refractivity contribution is -0.150. The average Bonchev–Trinajstić information content (AvgIpc) is 2.84. The highest BCUT2D eigenvalue weighted by Crippen LogP contribution is 2.39. The standard InChI is InChI=1S/C16H19NO3S/c1-8-12(14(18)16(19)20-3)9(2)17-15-13(8)10-6-4-5-7-11(10)21-15/h14,18H,4-7H2,1-3H3. The Kier molecular flexibility index (Phi) is 3.71. The van der Waals surface area contributed by atoms with Crippen molar-refractivity contribution in [2.24, 2.45) is 0 Å². The van der Waals surface area contributed by atoms with Gasteiger partial charge in [-0.15, -0.1) is 11.3 Å². The summed E-state index contributed by atoms with van der Waals surface area (Å²) < 4.78 is 4.67. The minimum atomic E-state index is -1.26. The lowest BCUT2D eigenvalue weighted by Crippen LogP contribution is -2.16. The van der Waals surface area contributed by atoms with Gasteiger partial charge in [0.25, 0.3) is 0 Å². The molecule has 0 bridgehead atoms. The van der Waals surface area contributed by atoms with Gasteiger partial charge in [0.2, 0.25) is 0 Å². The number of ether oxygens (including phenoxy) is 1. The van der Waals surface area contributed by atoms with E-state index in [-0.39, 0.29) is 0 Å². The third kappa shape index (κ3) is 2.24. The van der Waals surface area contributed by atoms with Gasteiger partial charge in [-0.25, -0.2) is 9.78 Å². The number of aryl methyl sites for hydroxylation is 4. The van der Waals surface area contributed by atoms with Gasteiger partial charge in [0.1, 0.15) is 4.83 Å². The number of rotatable bonds is 2. The first-order valence-corrected chi connectivity index (χ1v) is 8.03. The Hall–Kier alpha value is -1.46. The van der Waals surface area contributed by atoms with Gasteiger partial charge in [-0.3, -0.25) is 0 Å². The zero-order chi connectivity index (χ0) is 15.1. The van der Waals surface area contributed by atoms with Gasteiger partial charge in [-0.05, 0) is 50.7 Å². The molecule has 3 rings (SSSR count). The van der Waals surface area contributed by atoms with E-state index < -0.39 is 12.1 Å². The second-order valence-electron chi connectivity index (χ2n) is 5.55. The van der Waals surface area contributed by atoms with Crippen molar-refractivity contribution in [3.8, 4) is 0 Å². The minimum absolute atomic E-state index is 0.598. The maximum atomic E-state index is 11.7. The van der Waals surface area contributed by atoms with Crippen molar-refractivity contribution in [1.29, 1.82) is 0 Å². The van der Waals surface area contributed by atoms with Crippen LogP contribution in [0.1, 0.15) is 46.2 Å². The Morgan fingerprint density at radius 1 is 1.33 bits per heavy atom. The maximum absolute atomic E-state index is 11.7. The van der Waals surface area contributed by atoms with Crippen LogP contribution in [0.5, 0.6) is 0 Å². The summed E-state index contributed by atoms with van der Waals surface area (Å²) >= 11 is 1.75. The molecule has 0 saturated carbocycles. The first-order valence-electron chi connectivity index (χ1n) is 7.21. The van der Waals surface area contributed by atoms with Crippen molar-refractivity contribution in [3.63, 3.8) is 0 Å². The minimum Gasteiger partial charge on any atom is -0.467 e. The van der Waals surface area contributed by atoms with Crippen LogP contribution in [0, 0.1) is 13.8 Å². The summed E-state index contributed by atoms with van der Waals surface area (Å²) in [5.74, 6) is -0.633. The van der Waals surface area contributed by atoms with Crippen LogP contribution in [0.3, 0.4) is 0 Å². The molecule has 1 unspecified atom stereocenters. The van der Waals surface area contributed by atoms with E-state index in [1.165, 1.54) is 30.4 Å². The third-order valence-electron chi connectivity index (χ3n) is 4.29. The first-order chi connectivity index (χ1) is 10.0. The van der Waals surface area contributed by atoms with Gasteiger partial charge in [-0.1, -0.05) is 0 Å². The zero-order valence-corrected chi connectivity index (χ0v) is 13.3. The van der Waals surface area contributed by atoms with Crippen LogP contribution in [0.25, 0.3) is 10.2 Å². The number of pyridine rings is 1. The molecule has 0 saturated heterocycles. The monoisotopic (exact) mass is 305 g/mol. The normalized spacial score (nSPS) is 15.8. The predicted molar refractivity (Wildman–Crippen MR) is 82.7 cm³/mol. The summed E-state index contributed by atoms with van der Waals surface area (Å²) in [6.07, 6.45) is 3.35. The predicted octanol–water partition coefficient (Wildman–Crippen LogP) is 3.00. The number of hydrogen-bond donors (Lipinski definition) is 1. The Morgan fingerprint density at radius 3 is 2.76 bits per heavy atom. The number of thiophene rings is 1. The van der Waals surface area contributed by atoms with Crippen LogP contribution >= 0.6 is 11.3 Å². The van der Waals surface area contributed by atoms with Crippen molar-refractivity contribution in [1.82, 2.24) is 4.98 Å². The van der Waals surface area contributed by atoms with Crippen molar-refractivity contribution in [2.75, 3.05) is 7.11 Å². The number of methoxy groups -OCH3 is 1. The second-order valence-corrected chi connectivity index (χ2v) is 6.64. The smallest absolute Gasteiger partial charge is 0.339 e. The molecule has 2 heterocycles. The van der Waals surface area contributed by atoms with Gasteiger partial charge < -0.3 is 9.84 Å². The number of aliphatic hydroxyl groups is 1. The van der Waals surface area contributed by atoms with Crippen molar-refractivity contribution >= 4 is 27.5 Å². The maximum Gasteiger partial charge on any atom is 0.339 e. The molecular formula is C16H19NO3S. The van der Waals surface area contributed by atoms with Gasteiger partial charge in [0.15, 0.2) is 6.10 Å². The van der Waals surface area contributed by atoms with Crippen LogP contribution in [-0.4, -0.2) is 23.2 Å². The van der Waals surface area contributed by atoms with Crippen molar-refractivity contribution in [2.45, 2.75) is 45.6 Å². The molecule has 0 aromatic carbocycles. The number of nitrogens with zero attached hydrogens (tertiary/aromatic N) is 1. The highest BCUT2D eigenvalue weighted by molar-refractivity contribution is 7.18. The molecule has 0 amide bonds. The van der Waals surface area contributed by atoms with Gasteiger partial charge in [-0.2, -0.15) is 0 Å². The fourth-order valence-corrected chi connectivity index (χ4v) is 4.64. The fourth-order valence-electron chi connectivity index (χ4n) is 3.27. The molecular weight excluding hydrogens is 286 g/mol. The summed E-state index contributed by atoms with van der Waals surface area (Å²) in [6.45, 7) is 3.81. The lowest BCUT2D eigenvalue weighted by Gasteiger charge is -2.16. The number of aromatic nitrogens is 1. The van der Waals surface area contributed by atoms with E-state index >= 15 is 0 Å². The summed E-state index contributed by atoms with van der Waals surface area (Å²) in [5.41, 5.74) is 3.64. The fraction of sp³-hybridized carbons (Fsp3) is 0.500. The quantitative estimate of drug-likeness (QED) is 0.867. The molecule has 4 nitrogen and oxygen atoms in total.